The van der Waals surface area contributed by atoms with Crippen molar-refractivity contribution in [2.45, 2.75) is 53.4 Å². The van der Waals surface area contributed by atoms with Crippen molar-refractivity contribution in [2.24, 2.45) is 4.99 Å². The Hall–Kier alpha value is -3.10. The SMILES string of the molecule is Cc1ccc(N=C2NC(=O)/C(=C/c3cc(C)n(-c4sc5c(c4C(=O)O)CCCC5)c3C)S2)cc1C. The summed E-state index contributed by atoms with van der Waals surface area (Å²) in [6, 6.07) is 7.98. The number of thiophene rings is 1. The number of fused-ring (bicyclic) bond motifs is 1. The molecule has 2 N–H and O–H groups in total. The van der Waals surface area contributed by atoms with Gasteiger partial charge in [-0.05, 0) is 112 Å². The number of amides is 1. The maximum atomic E-state index is 12.7. The first-order valence-corrected chi connectivity index (χ1v) is 13.3. The van der Waals surface area contributed by atoms with Crippen LogP contribution in [0.3, 0.4) is 0 Å². The van der Waals surface area contributed by atoms with Crippen molar-refractivity contribution in [1.82, 2.24) is 9.88 Å². The number of aliphatic imine (C=N–C) groups is 1. The second-order valence-electron chi connectivity index (χ2n) is 9.11. The topological polar surface area (TPSA) is 83.7 Å². The molecular weight excluding hydrogens is 478 g/mol. The largest absolute Gasteiger partial charge is 0.478 e. The molecule has 1 aliphatic heterocycles. The molecule has 180 valence electrons. The van der Waals surface area contributed by atoms with Crippen molar-refractivity contribution in [3.63, 3.8) is 0 Å². The molecule has 3 aromatic rings. The lowest BCUT2D eigenvalue weighted by atomic mass is 9.95. The highest BCUT2D eigenvalue weighted by Gasteiger charge is 2.28. The molecule has 5 rings (SSSR count). The highest BCUT2D eigenvalue weighted by molar-refractivity contribution is 8.18. The molecule has 6 nitrogen and oxygen atoms in total. The fourth-order valence-electron chi connectivity index (χ4n) is 4.71. The van der Waals surface area contributed by atoms with Gasteiger partial charge in [0.1, 0.15) is 5.00 Å². The minimum atomic E-state index is -0.871. The van der Waals surface area contributed by atoms with Gasteiger partial charge in [-0.2, -0.15) is 0 Å². The molecule has 1 saturated heterocycles. The van der Waals surface area contributed by atoms with Gasteiger partial charge in [-0.25, -0.2) is 9.79 Å². The zero-order chi connectivity index (χ0) is 24.9. The van der Waals surface area contributed by atoms with Gasteiger partial charge in [0.2, 0.25) is 0 Å². The monoisotopic (exact) mass is 505 g/mol. The summed E-state index contributed by atoms with van der Waals surface area (Å²) in [5.41, 5.74) is 7.35. The Labute approximate surface area is 212 Å². The van der Waals surface area contributed by atoms with Gasteiger partial charge < -0.3 is 15.0 Å². The third kappa shape index (κ3) is 4.36. The number of hydrogen-bond acceptors (Lipinski definition) is 5. The summed E-state index contributed by atoms with van der Waals surface area (Å²) >= 11 is 2.91. The highest BCUT2D eigenvalue weighted by Crippen LogP contribution is 2.39. The number of aryl methyl sites for hydroxylation is 4. The second-order valence-corrected chi connectivity index (χ2v) is 11.2. The summed E-state index contributed by atoms with van der Waals surface area (Å²) in [4.78, 5) is 31.3. The van der Waals surface area contributed by atoms with Crippen molar-refractivity contribution in [3.05, 3.63) is 73.3 Å². The summed E-state index contributed by atoms with van der Waals surface area (Å²) in [6.45, 7) is 8.06. The fraction of sp³-hybridized carbons (Fsp3) is 0.296. The number of nitrogens with one attached hydrogen (secondary N) is 1. The van der Waals surface area contributed by atoms with E-state index in [0.717, 1.165) is 64.4 Å². The van der Waals surface area contributed by atoms with E-state index in [9.17, 15) is 14.7 Å². The van der Waals surface area contributed by atoms with Gasteiger partial charge >= 0.3 is 5.97 Å². The van der Waals surface area contributed by atoms with E-state index in [1.807, 2.05) is 55.7 Å². The average molecular weight is 506 g/mol. The van der Waals surface area contributed by atoms with Crippen LogP contribution in [0.4, 0.5) is 5.69 Å². The summed E-state index contributed by atoms with van der Waals surface area (Å²) < 4.78 is 2.03. The summed E-state index contributed by atoms with van der Waals surface area (Å²) in [5, 5.41) is 14.2. The van der Waals surface area contributed by atoms with E-state index < -0.39 is 5.97 Å². The normalized spacial score (nSPS) is 17.8. The van der Waals surface area contributed by atoms with Crippen LogP contribution in [0, 0.1) is 27.7 Å². The Morgan fingerprint density at radius 3 is 2.63 bits per heavy atom. The molecule has 1 aromatic carbocycles. The van der Waals surface area contributed by atoms with Gasteiger partial charge in [0.15, 0.2) is 5.17 Å². The van der Waals surface area contributed by atoms with E-state index in [4.69, 9.17) is 0 Å². The zero-order valence-corrected chi connectivity index (χ0v) is 21.8. The van der Waals surface area contributed by atoms with Crippen LogP contribution in [0.25, 0.3) is 11.1 Å². The van der Waals surface area contributed by atoms with Crippen LogP contribution in [-0.4, -0.2) is 26.7 Å². The predicted octanol–water partition coefficient (Wildman–Crippen LogP) is 6.24. The van der Waals surface area contributed by atoms with Gasteiger partial charge in [0.25, 0.3) is 5.91 Å². The van der Waals surface area contributed by atoms with Gasteiger partial charge in [-0.15, -0.1) is 11.3 Å². The van der Waals surface area contributed by atoms with Gasteiger partial charge in [0.05, 0.1) is 16.2 Å². The maximum absolute atomic E-state index is 12.7. The number of carboxylic acid groups (broad SMARTS) is 1. The average Bonchev–Trinajstić information content (AvgIpc) is 3.43. The molecular formula is C27H27N3O3S2. The van der Waals surface area contributed by atoms with E-state index in [0.29, 0.717) is 15.6 Å². The summed E-state index contributed by atoms with van der Waals surface area (Å²) in [5.74, 6) is -1.05. The number of amidine groups is 1. The Balaban J connectivity index is 1.49. The van der Waals surface area contributed by atoms with Crippen molar-refractivity contribution in [2.75, 3.05) is 0 Å². The maximum Gasteiger partial charge on any atom is 0.339 e. The quantitative estimate of drug-likeness (QED) is 0.411. The Bertz CT molecular complexity index is 1440. The smallest absolute Gasteiger partial charge is 0.339 e. The number of thioether (sulfide) groups is 1. The van der Waals surface area contributed by atoms with Crippen molar-refractivity contribution >= 4 is 51.9 Å². The number of aromatic nitrogens is 1. The molecule has 1 amide bonds. The lowest BCUT2D eigenvalue weighted by Gasteiger charge is -2.11. The first kappa shape index (κ1) is 23.6. The number of hydrogen-bond donors (Lipinski definition) is 2. The minimum Gasteiger partial charge on any atom is -0.478 e. The molecule has 1 aliphatic carbocycles. The number of carbonyl (C=O) groups excluding carboxylic acids is 1. The molecule has 0 saturated carbocycles. The molecule has 3 heterocycles. The summed E-state index contributed by atoms with van der Waals surface area (Å²) in [7, 11) is 0. The lowest BCUT2D eigenvalue weighted by Crippen LogP contribution is -2.19. The highest BCUT2D eigenvalue weighted by atomic mass is 32.2. The molecule has 8 heteroatoms. The third-order valence-electron chi connectivity index (χ3n) is 6.70. The van der Waals surface area contributed by atoms with E-state index in [1.54, 1.807) is 11.3 Å². The number of aromatic carboxylic acids is 1. The number of carbonyl (C=O) groups is 2. The molecule has 0 atom stereocenters. The molecule has 35 heavy (non-hydrogen) atoms. The number of benzene rings is 1. The first-order chi connectivity index (χ1) is 16.7. The molecule has 0 unspecified atom stereocenters. The Kier molecular flexibility index (Phi) is 6.19. The van der Waals surface area contributed by atoms with Gasteiger partial charge in [-0.1, -0.05) is 6.07 Å². The van der Waals surface area contributed by atoms with Crippen LogP contribution >= 0.6 is 23.1 Å². The van der Waals surface area contributed by atoms with E-state index >= 15 is 0 Å². The third-order valence-corrected chi connectivity index (χ3v) is 8.89. The Morgan fingerprint density at radius 1 is 1.11 bits per heavy atom. The van der Waals surface area contributed by atoms with Crippen LogP contribution in [0.5, 0.6) is 0 Å². The van der Waals surface area contributed by atoms with E-state index in [-0.39, 0.29) is 5.91 Å². The number of rotatable bonds is 4. The first-order valence-electron chi connectivity index (χ1n) is 11.7. The van der Waals surface area contributed by atoms with Gasteiger partial charge in [0, 0.05) is 16.3 Å². The van der Waals surface area contributed by atoms with Crippen molar-refractivity contribution in [1.29, 1.82) is 0 Å². The van der Waals surface area contributed by atoms with E-state index in [1.165, 1.54) is 22.2 Å². The second kappa shape index (κ2) is 9.17. The number of carboxylic acids is 1. The molecule has 1 fully saturated rings. The molecule has 0 bridgehead atoms. The van der Waals surface area contributed by atoms with Crippen LogP contribution in [0.2, 0.25) is 0 Å². The lowest BCUT2D eigenvalue weighted by molar-refractivity contribution is -0.115. The molecule has 2 aromatic heterocycles. The van der Waals surface area contributed by atoms with Crippen molar-refractivity contribution in [3.8, 4) is 5.00 Å². The molecule has 0 spiro atoms. The standard InChI is InChI=1S/C27H27N3O3S2/c1-14-9-10-19(11-15(14)2)28-27-29-24(31)22(35-27)13-18-12-16(3)30(17(18)4)25-23(26(32)33)20-7-5-6-8-21(20)34-25/h9-13H,5-8H2,1-4H3,(H,32,33)(H,28,29,31)/b22-13-. The predicted molar refractivity (Wildman–Crippen MR) is 143 cm³/mol. The van der Waals surface area contributed by atoms with Gasteiger partial charge in [-0.3, -0.25) is 4.79 Å². The molecule has 0 radical (unpaired) electrons. The Morgan fingerprint density at radius 2 is 1.89 bits per heavy atom. The fourth-order valence-corrected chi connectivity index (χ4v) is 7.03. The molecule has 2 aliphatic rings. The zero-order valence-electron chi connectivity index (χ0n) is 20.2. The van der Waals surface area contributed by atoms with Crippen LogP contribution in [0.15, 0.2) is 34.2 Å². The van der Waals surface area contributed by atoms with Crippen LogP contribution < -0.4 is 5.32 Å². The van der Waals surface area contributed by atoms with Crippen molar-refractivity contribution < 1.29 is 14.7 Å². The summed E-state index contributed by atoms with van der Waals surface area (Å²) in [6.07, 6.45) is 5.77. The number of nitrogens with zero attached hydrogens (tertiary/aromatic N) is 2. The van der Waals surface area contributed by atoms with Crippen LogP contribution in [-0.2, 0) is 17.6 Å². The van der Waals surface area contributed by atoms with Crippen LogP contribution in [0.1, 0.15) is 61.7 Å². The minimum absolute atomic E-state index is 0.180. The van der Waals surface area contributed by atoms with E-state index in [2.05, 4.69) is 17.2 Å².